The minimum absolute atomic E-state index is 0. The summed E-state index contributed by atoms with van der Waals surface area (Å²) in [5, 5.41) is 9.84. The smallest absolute Gasteiger partial charge is 0.405 e. The molecular weight excluding hydrogens is 267 g/mol. The van der Waals surface area contributed by atoms with Gasteiger partial charge in [0.1, 0.15) is 6.04 Å². The number of hydrogen-bond acceptors (Lipinski definition) is 3. The molecule has 0 saturated carbocycles. The first kappa shape index (κ1) is 18.2. The fourth-order valence-electron chi connectivity index (χ4n) is 0.944. The molecule has 0 aromatic rings. The van der Waals surface area contributed by atoms with E-state index in [1.54, 1.807) is 0 Å². The Morgan fingerprint density at radius 3 is 1.94 bits per heavy atom. The quantitative estimate of drug-likeness (QED) is 0.345. The van der Waals surface area contributed by atoms with Gasteiger partial charge in [-0.15, -0.1) is 12.4 Å². The first-order valence-corrected chi connectivity index (χ1v) is 4.10. The van der Waals surface area contributed by atoms with Crippen molar-refractivity contribution in [1.82, 2.24) is 10.7 Å². The van der Waals surface area contributed by atoms with Crippen LogP contribution in [0.2, 0.25) is 0 Å². The average Bonchev–Trinajstić information content (AvgIpc) is 2.10. The number of rotatable bonds is 3. The van der Waals surface area contributed by atoms with Gasteiger partial charge >= 0.3 is 12.3 Å². The zero-order valence-corrected chi connectivity index (χ0v) is 9.78. The first-order chi connectivity index (χ1) is 7.04. The molecule has 5 N–H and O–H groups in total. The molecule has 0 fully saturated rings. The van der Waals surface area contributed by atoms with Gasteiger partial charge in [-0.3, -0.25) is 10.2 Å². The predicted octanol–water partition coefficient (Wildman–Crippen LogP) is 0.623. The van der Waals surface area contributed by atoms with E-state index in [2.05, 4.69) is 5.84 Å². The molecule has 0 spiro atoms. The Morgan fingerprint density at radius 2 is 1.71 bits per heavy atom. The van der Waals surface area contributed by atoms with Gasteiger partial charge < -0.3 is 10.4 Å². The lowest BCUT2D eigenvalue weighted by Crippen LogP contribution is -2.60. The van der Waals surface area contributed by atoms with Crippen LogP contribution in [0.4, 0.5) is 18.0 Å². The van der Waals surface area contributed by atoms with Gasteiger partial charge in [0.15, 0.2) is 0 Å². The van der Waals surface area contributed by atoms with Crippen LogP contribution in [0.15, 0.2) is 0 Å². The van der Waals surface area contributed by atoms with E-state index in [0.29, 0.717) is 13.8 Å². The SMILES string of the molecule is CC(C)(C(NC(=O)O)C(=O)NN)C(F)(F)F.Cl. The summed E-state index contributed by atoms with van der Waals surface area (Å²) < 4.78 is 37.7. The number of alkyl halides is 3. The number of amides is 2. The first-order valence-electron chi connectivity index (χ1n) is 4.10. The van der Waals surface area contributed by atoms with Crippen molar-refractivity contribution in [2.45, 2.75) is 26.1 Å². The summed E-state index contributed by atoms with van der Waals surface area (Å²) in [5.41, 5.74) is -1.09. The van der Waals surface area contributed by atoms with Crippen molar-refractivity contribution in [2.24, 2.45) is 11.3 Å². The highest BCUT2D eigenvalue weighted by Gasteiger charge is 2.55. The average molecular weight is 280 g/mol. The lowest BCUT2D eigenvalue weighted by Gasteiger charge is -2.34. The molecule has 0 rings (SSSR count). The predicted molar refractivity (Wildman–Crippen MR) is 54.4 cm³/mol. The van der Waals surface area contributed by atoms with Gasteiger partial charge in [0, 0.05) is 0 Å². The van der Waals surface area contributed by atoms with Crippen molar-refractivity contribution in [3.8, 4) is 0 Å². The monoisotopic (exact) mass is 279 g/mol. The van der Waals surface area contributed by atoms with Crippen molar-refractivity contribution in [3.63, 3.8) is 0 Å². The molecule has 0 aliphatic rings. The summed E-state index contributed by atoms with van der Waals surface area (Å²) in [6, 6.07) is -2.02. The molecule has 0 radical (unpaired) electrons. The maximum Gasteiger partial charge on any atom is 0.405 e. The van der Waals surface area contributed by atoms with Gasteiger partial charge in [-0.1, -0.05) is 0 Å². The Morgan fingerprint density at radius 1 is 1.29 bits per heavy atom. The molecule has 0 saturated heterocycles. The number of hydrogen-bond donors (Lipinski definition) is 4. The third-order valence-corrected chi connectivity index (χ3v) is 2.12. The van der Waals surface area contributed by atoms with Gasteiger partial charge in [-0.2, -0.15) is 13.2 Å². The maximum atomic E-state index is 12.6. The van der Waals surface area contributed by atoms with Crippen molar-refractivity contribution in [2.75, 3.05) is 0 Å². The Balaban J connectivity index is 0. The second-order valence-corrected chi connectivity index (χ2v) is 3.61. The topological polar surface area (TPSA) is 104 Å². The number of nitrogens with two attached hydrogens (primary N) is 1. The van der Waals surface area contributed by atoms with Crippen LogP contribution in [-0.2, 0) is 4.79 Å². The molecule has 102 valence electrons. The van der Waals surface area contributed by atoms with E-state index in [9.17, 15) is 22.8 Å². The number of carbonyl (C=O) groups is 2. The Hall–Kier alpha value is -1.22. The van der Waals surface area contributed by atoms with E-state index in [-0.39, 0.29) is 12.4 Å². The Kier molecular flexibility index (Phi) is 6.32. The second kappa shape index (κ2) is 5.92. The highest BCUT2D eigenvalue weighted by atomic mass is 35.5. The molecule has 0 aliphatic carbocycles. The number of carbonyl (C=O) groups excluding carboxylic acids is 1. The number of nitrogens with one attached hydrogen (secondary N) is 2. The molecule has 0 aromatic heterocycles. The number of halogens is 4. The summed E-state index contributed by atoms with van der Waals surface area (Å²) in [6.45, 7) is 1.39. The van der Waals surface area contributed by atoms with E-state index < -0.39 is 29.6 Å². The third-order valence-electron chi connectivity index (χ3n) is 2.12. The van der Waals surface area contributed by atoms with Crippen LogP contribution < -0.4 is 16.6 Å². The fourth-order valence-corrected chi connectivity index (χ4v) is 0.944. The van der Waals surface area contributed by atoms with Crippen LogP contribution in [0.1, 0.15) is 13.8 Å². The molecular formula is C7H13ClF3N3O3. The van der Waals surface area contributed by atoms with Crippen LogP contribution in [0.5, 0.6) is 0 Å². The van der Waals surface area contributed by atoms with E-state index >= 15 is 0 Å². The molecule has 1 atom stereocenters. The van der Waals surface area contributed by atoms with E-state index in [4.69, 9.17) is 5.11 Å². The summed E-state index contributed by atoms with van der Waals surface area (Å²) >= 11 is 0. The molecule has 0 aromatic carbocycles. The lowest BCUT2D eigenvalue weighted by molar-refractivity contribution is -0.220. The number of hydrazine groups is 1. The maximum absolute atomic E-state index is 12.6. The van der Waals surface area contributed by atoms with Crippen molar-refractivity contribution in [3.05, 3.63) is 0 Å². The Bertz CT molecular complexity index is 296. The van der Waals surface area contributed by atoms with Gasteiger partial charge in [0.25, 0.3) is 5.91 Å². The van der Waals surface area contributed by atoms with E-state index in [0.717, 1.165) is 0 Å². The molecule has 0 bridgehead atoms. The highest BCUT2D eigenvalue weighted by Crippen LogP contribution is 2.40. The highest BCUT2D eigenvalue weighted by molar-refractivity contribution is 5.86. The minimum atomic E-state index is -4.76. The Labute approximate surface area is 101 Å². The summed E-state index contributed by atoms with van der Waals surface area (Å²) in [7, 11) is 0. The minimum Gasteiger partial charge on any atom is -0.465 e. The van der Waals surface area contributed by atoms with Gasteiger partial charge in [0.2, 0.25) is 0 Å². The van der Waals surface area contributed by atoms with E-state index in [1.165, 1.54) is 10.7 Å². The fraction of sp³-hybridized carbons (Fsp3) is 0.714. The normalized spacial score (nSPS) is 13.3. The van der Waals surface area contributed by atoms with Crippen LogP contribution in [-0.4, -0.2) is 29.3 Å². The van der Waals surface area contributed by atoms with Gasteiger partial charge in [-0.25, -0.2) is 10.6 Å². The number of carboxylic acid groups (broad SMARTS) is 1. The molecule has 0 heterocycles. The second-order valence-electron chi connectivity index (χ2n) is 3.61. The molecule has 1 unspecified atom stereocenters. The summed E-state index contributed by atoms with van der Waals surface area (Å²) in [5.74, 6) is 3.43. The molecule has 2 amide bonds. The zero-order chi connectivity index (χ0) is 13.1. The summed E-state index contributed by atoms with van der Waals surface area (Å²) in [4.78, 5) is 21.4. The molecule has 17 heavy (non-hydrogen) atoms. The van der Waals surface area contributed by atoms with Crippen molar-refractivity contribution in [1.29, 1.82) is 0 Å². The van der Waals surface area contributed by atoms with Crippen LogP contribution in [0, 0.1) is 5.41 Å². The van der Waals surface area contributed by atoms with Crippen LogP contribution >= 0.6 is 12.4 Å². The van der Waals surface area contributed by atoms with E-state index in [1.807, 2.05) is 0 Å². The standard InChI is InChI=1S/C7H12F3N3O3.ClH/c1-6(2,7(8,9)10)3(4(14)13-11)12-5(15)16;/h3,12H,11H2,1-2H3,(H,13,14)(H,15,16);1H. The largest absolute Gasteiger partial charge is 0.465 e. The summed E-state index contributed by atoms with van der Waals surface area (Å²) in [6.07, 6.45) is -6.50. The van der Waals surface area contributed by atoms with Crippen LogP contribution in [0.25, 0.3) is 0 Å². The molecule has 0 aliphatic heterocycles. The lowest BCUT2D eigenvalue weighted by atomic mass is 9.83. The van der Waals surface area contributed by atoms with Gasteiger partial charge in [-0.05, 0) is 13.8 Å². The third kappa shape index (κ3) is 4.27. The van der Waals surface area contributed by atoms with Crippen molar-refractivity contribution >= 4 is 24.4 Å². The molecule has 10 heteroatoms. The zero-order valence-electron chi connectivity index (χ0n) is 8.96. The molecule has 6 nitrogen and oxygen atoms in total. The van der Waals surface area contributed by atoms with Crippen LogP contribution in [0.3, 0.4) is 0 Å². The van der Waals surface area contributed by atoms with Crippen molar-refractivity contribution < 1.29 is 27.9 Å². The van der Waals surface area contributed by atoms with Gasteiger partial charge in [0.05, 0.1) is 5.41 Å².